The van der Waals surface area contributed by atoms with Gasteiger partial charge in [-0.15, -0.1) is 0 Å². The molecule has 1 amide bonds. The molecule has 0 radical (unpaired) electrons. The number of anilines is 3. The van der Waals surface area contributed by atoms with Gasteiger partial charge in [0, 0.05) is 43.4 Å². The van der Waals surface area contributed by atoms with Crippen LogP contribution in [0, 0.1) is 0 Å². The number of carboxylic acid groups (broad SMARTS) is 1. The van der Waals surface area contributed by atoms with Crippen LogP contribution in [0.2, 0.25) is 0 Å². The van der Waals surface area contributed by atoms with E-state index in [0.717, 1.165) is 73.8 Å². The van der Waals surface area contributed by atoms with Gasteiger partial charge < -0.3 is 30.7 Å². The number of rotatable bonds is 12. The van der Waals surface area contributed by atoms with E-state index < -0.39 is 35.9 Å². The number of halogens is 6. The molecule has 0 saturated carbocycles. The van der Waals surface area contributed by atoms with Crippen LogP contribution in [0.4, 0.5) is 43.8 Å². The van der Waals surface area contributed by atoms with Gasteiger partial charge in [-0.3, -0.25) is 14.4 Å². The molecule has 1 fully saturated rings. The molecule has 13 nitrogen and oxygen atoms in total. The van der Waals surface area contributed by atoms with Crippen LogP contribution in [0.1, 0.15) is 54.5 Å². The number of aryl methyl sites for hydroxylation is 1. The van der Waals surface area contributed by atoms with Crippen LogP contribution < -0.4 is 25.6 Å². The zero-order valence-corrected chi connectivity index (χ0v) is 29.3. The highest BCUT2D eigenvalue weighted by Gasteiger charge is 2.54. The normalized spacial score (nSPS) is 15.1. The first-order valence-corrected chi connectivity index (χ1v) is 17.0. The van der Waals surface area contributed by atoms with Crippen molar-refractivity contribution >= 4 is 40.9 Å². The third kappa shape index (κ3) is 11.0. The van der Waals surface area contributed by atoms with Crippen LogP contribution in [-0.2, 0) is 38.4 Å². The summed E-state index contributed by atoms with van der Waals surface area (Å²) in [7, 11) is 1.57. The molecule has 2 aliphatic rings. The topological polar surface area (TPSA) is 176 Å². The second kappa shape index (κ2) is 18.0. The number of carbonyl (C=O) groups is 4. The van der Waals surface area contributed by atoms with Crippen molar-refractivity contribution in [3.63, 3.8) is 0 Å². The summed E-state index contributed by atoms with van der Waals surface area (Å²) >= 11 is 0. The van der Waals surface area contributed by atoms with Crippen molar-refractivity contribution in [1.29, 1.82) is 0 Å². The minimum absolute atomic E-state index is 0.00670. The van der Waals surface area contributed by atoms with Gasteiger partial charge in [-0.25, -0.2) is 19.7 Å². The molecule has 292 valence electrons. The Kier molecular flexibility index (Phi) is 13.8. The van der Waals surface area contributed by atoms with E-state index >= 15 is 0 Å². The summed E-state index contributed by atoms with van der Waals surface area (Å²) < 4.78 is 72.1. The molecule has 0 aliphatic carbocycles. The Morgan fingerprint density at radius 2 is 1.63 bits per heavy atom. The lowest BCUT2D eigenvalue weighted by Crippen LogP contribution is -2.46. The second-order valence-electron chi connectivity index (χ2n) is 12.4. The van der Waals surface area contributed by atoms with Crippen molar-refractivity contribution in [2.45, 2.75) is 69.8 Å². The lowest BCUT2D eigenvalue weighted by Gasteiger charge is -2.34. The molecular weight excluding hydrogens is 728 g/mol. The van der Waals surface area contributed by atoms with Crippen LogP contribution in [0.15, 0.2) is 42.7 Å². The first kappa shape index (κ1) is 41.3. The number of aliphatic carboxylic acids is 1. The summed E-state index contributed by atoms with van der Waals surface area (Å²) in [6, 6.07) is 10.4. The number of nitrogens with one attached hydrogen (secondary N) is 3. The molecule has 1 atom stereocenters. The molecule has 2 aliphatic heterocycles. The van der Waals surface area contributed by atoms with Crippen molar-refractivity contribution in [1.82, 2.24) is 20.3 Å². The maximum atomic E-state index is 12.6. The number of nitrogens with zero attached hydrogens (tertiary/aromatic N) is 4. The molecule has 4 heterocycles. The Labute approximate surface area is 305 Å². The number of ketones is 2. The number of piperidine rings is 1. The van der Waals surface area contributed by atoms with Crippen molar-refractivity contribution in [2.24, 2.45) is 0 Å². The number of ether oxygens (including phenoxy) is 1. The SMILES string of the molecule is CCc1c(NC[C@H](NC(=O)Cc2ccc(OC)cc2)C(=O)O)ncnc1N1CCC(c2ccc3c(n2)NCCC3)CC1.O=C(C(=O)C(F)(F)F)C(F)(F)F. The summed E-state index contributed by atoms with van der Waals surface area (Å²) in [5, 5.41) is 19.0. The Balaban J connectivity index is 0.000000467. The Bertz CT molecular complexity index is 1770. The Hall–Kier alpha value is -5.49. The van der Waals surface area contributed by atoms with Crippen LogP contribution in [0.5, 0.6) is 5.75 Å². The molecule has 1 saturated heterocycles. The molecular formula is C35H39F6N7O6. The summed E-state index contributed by atoms with van der Waals surface area (Å²) in [5.41, 5.74) is 4.15. The predicted molar refractivity (Wildman–Crippen MR) is 184 cm³/mol. The first-order valence-electron chi connectivity index (χ1n) is 17.0. The quantitative estimate of drug-likeness (QED) is 0.149. The predicted octanol–water partition coefficient (Wildman–Crippen LogP) is 4.66. The van der Waals surface area contributed by atoms with E-state index in [9.17, 15) is 50.6 Å². The van der Waals surface area contributed by atoms with Crippen LogP contribution in [0.3, 0.4) is 0 Å². The van der Waals surface area contributed by atoms with Crippen molar-refractivity contribution < 1.29 is 55.4 Å². The van der Waals surface area contributed by atoms with Gasteiger partial charge in [0.05, 0.1) is 13.5 Å². The number of aromatic nitrogens is 3. The fourth-order valence-corrected chi connectivity index (χ4v) is 5.94. The maximum Gasteiger partial charge on any atom is 0.458 e. The standard InChI is InChI=1S/C31H39N7O4.C4F6O2/c1-3-24-29(33-18-26(31(40)41)36-27(39)17-20-6-9-23(42-2)10-7-20)34-19-35-30(24)38-15-12-21(13-16-38)25-11-8-22-5-4-14-32-28(22)37-25;5-3(6,7)1(11)2(12)4(8,9)10/h6-11,19,21,26H,3-5,12-18H2,1-2H3,(H,32,37)(H,36,39)(H,40,41)(H,33,34,35);/t26-;/m0./s1. The van der Waals surface area contributed by atoms with Gasteiger partial charge in [0.2, 0.25) is 5.91 Å². The molecule has 0 bridgehead atoms. The molecule has 54 heavy (non-hydrogen) atoms. The summed E-state index contributed by atoms with van der Waals surface area (Å²) in [4.78, 5) is 60.1. The van der Waals surface area contributed by atoms with Gasteiger partial charge in [0.1, 0.15) is 35.6 Å². The summed E-state index contributed by atoms with van der Waals surface area (Å²) in [5.74, 6) is -4.73. The minimum Gasteiger partial charge on any atom is -0.497 e. The highest BCUT2D eigenvalue weighted by atomic mass is 19.4. The van der Waals surface area contributed by atoms with Crippen molar-refractivity contribution in [3.8, 4) is 5.75 Å². The van der Waals surface area contributed by atoms with Crippen molar-refractivity contribution in [2.75, 3.05) is 48.8 Å². The number of hydrogen-bond acceptors (Lipinski definition) is 11. The first-order chi connectivity index (χ1) is 25.5. The van der Waals surface area contributed by atoms with Gasteiger partial charge >= 0.3 is 29.9 Å². The van der Waals surface area contributed by atoms with Crippen LogP contribution >= 0.6 is 0 Å². The van der Waals surface area contributed by atoms with E-state index in [2.05, 4.69) is 43.0 Å². The highest BCUT2D eigenvalue weighted by Crippen LogP contribution is 2.33. The molecule has 19 heteroatoms. The number of pyridine rings is 1. The fourth-order valence-electron chi connectivity index (χ4n) is 5.94. The summed E-state index contributed by atoms with van der Waals surface area (Å²) in [6.45, 7) is 4.71. The molecule has 0 unspecified atom stereocenters. The van der Waals surface area contributed by atoms with E-state index in [1.54, 1.807) is 31.4 Å². The largest absolute Gasteiger partial charge is 0.497 e. The van der Waals surface area contributed by atoms with Gasteiger partial charge in [-0.05, 0) is 61.4 Å². The fraction of sp³-hybridized carbons (Fsp3) is 0.457. The van der Waals surface area contributed by atoms with Crippen LogP contribution in [-0.4, -0.2) is 95.2 Å². The number of carboxylic acids is 1. The molecule has 5 rings (SSSR count). The van der Waals surface area contributed by atoms with E-state index in [1.165, 1.54) is 11.9 Å². The number of carbonyl (C=O) groups excluding carboxylic acids is 3. The smallest absolute Gasteiger partial charge is 0.458 e. The third-order valence-electron chi connectivity index (χ3n) is 8.76. The van der Waals surface area contributed by atoms with Gasteiger partial charge in [-0.2, -0.15) is 26.3 Å². The Morgan fingerprint density at radius 3 is 2.20 bits per heavy atom. The minimum atomic E-state index is -5.77. The number of benzene rings is 1. The molecule has 0 spiro atoms. The lowest BCUT2D eigenvalue weighted by molar-refractivity contribution is -0.193. The molecule has 3 aromatic rings. The van der Waals surface area contributed by atoms with Gasteiger partial charge in [-0.1, -0.05) is 25.1 Å². The van der Waals surface area contributed by atoms with Crippen molar-refractivity contribution in [3.05, 3.63) is 65.1 Å². The molecule has 4 N–H and O–H groups in total. The molecule has 1 aromatic carbocycles. The number of methoxy groups -OCH3 is 1. The van der Waals surface area contributed by atoms with Gasteiger partial charge in [0.25, 0.3) is 0 Å². The van der Waals surface area contributed by atoms with Crippen LogP contribution in [0.25, 0.3) is 0 Å². The average molecular weight is 768 g/mol. The van der Waals surface area contributed by atoms with Gasteiger partial charge in [0.15, 0.2) is 0 Å². The van der Waals surface area contributed by atoms with E-state index in [0.29, 0.717) is 23.9 Å². The monoisotopic (exact) mass is 767 g/mol. The molecule has 2 aromatic heterocycles. The number of Topliss-reactive ketones (excluding diaryl/α,β-unsaturated/α-hetero) is 2. The second-order valence-corrected chi connectivity index (χ2v) is 12.4. The lowest BCUT2D eigenvalue weighted by atomic mass is 9.92. The number of amides is 1. The number of fused-ring (bicyclic) bond motifs is 1. The Morgan fingerprint density at radius 1 is 0.981 bits per heavy atom. The average Bonchev–Trinajstić information content (AvgIpc) is 3.15. The van der Waals surface area contributed by atoms with E-state index in [1.807, 2.05) is 6.92 Å². The zero-order chi connectivity index (χ0) is 39.6. The summed E-state index contributed by atoms with van der Waals surface area (Å²) in [6.07, 6.45) is -5.10. The number of alkyl halides is 6. The maximum absolute atomic E-state index is 12.6. The van der Waals surface area contributed by atoms with E-state index in [4.69, 9.17) is 9.72 Å². The highest BCUT2D eigenvalue weighted by molar-refractivity contribution is 6.41. The number of hydrogen-bond donors (Lipinski definition) is 4. The van der Waals surface area contributed by atoms with E-state index in [-0.39, 0.29) is 18.9 Å². The zero-order valence-electron chi connectivity index (χ0n) is 29.3. The third-order valence-corrected chi connectivity index (χ3v) is 8.76.